The molecule has 2 aromatic rings. The second-order valence-electron chi connectivity index (χ2n) is 8.46. The fourth-order valence-electron chi connectivity index (χ4n) is 4.89. The molecule has 9 nitrogen and oxygen atoms in total. The Labute approximate surface area is 182 Å². The van der Waals surface area contributed by atoms with Gasteiger partial charge in [0.1, 0.15) is 5.75 Å². The van der Waals surface area contributed by atoms with Gasteiger partial charge in [-0.15, -0.1) is 0 Å². The summed E-state index contributed by atoms with van der Waals surface area (Å²) >= 11 is 0. The fourth-order valence-corrected chi connectivity index (χ4v) is 5.74. The Balaban J connectivity index is 1.54. The summed E-state index contributed by atoms with van der Waals surface area (Å²) in [7, 11) is -1.72. The van der Waals surface area contributed by atoms with E-state index >= 15 is 0 Å². The van der Waals surface area contributed by atoms with E-state index in [1.807, 2.05) is 29.2 Å². The van der Waals surface area contributed by atoms with Gasteiger partial charge in [0.05, 0.1) is 24.7 Å². The van der Waals surface area contributed by atoms with Gasteiger partial charge in [-0.3, -0.25) is 4.79 Å². The fraction of sp³-hybridized carbons (Fsp3) is 0.571. The van der Waals surface area contributed by atoms with Crippen LogP contribution in [0.2, 0.25) is 0 Å². The van der Waals surface area contributed by atoms with Gasteiger partial charge in [0.15, 0.2) is 5.82 Å². The number of amides is 1. The van der Waals surface area contributed by atoms with Gasteiger partial charge < -0.3 is 14.2 Å². The van der Waals surface area contributed by atoms with Crippen LogP contribution in [0.4, 0.5) is 0 Å². The molecule has 1 saturated heterocycles. The van der Waals surface area contributed by atoms with Crippen molar-refractivity contribution in [3.63, 3.8) is 0 Å². The van der Waals surface area contributed by atoms with E-state index in [0.717, 1.165) is 5.56 Å². The van der Waals surface area contributed by atoms with Crippen molar-refractivity contribution in [2.75, 3.05) is 26.0 Å². The minimum absolute atomic E-state index is 0.0176. The van der Waals surface area contributed by atoms with Gasteiger partial charge in [-0.2, -0.15) is 4.98 Å². The van der Waals surface area contributed by atoms with Crippen LogP contribution in [0.5, 0.6) is 5.75 Å². The Hall–Kier alpha value is -2.46. The number of aryl methyl sites for hydroxylation is 1. The van der Waals surface area contributed by atoms with Crippen molar-refractivity contribution in [2.24, 2.45) is 5.92 Å². The van der Waals surface area contributed by atoms with Crippen LogP contribution in [0.1, 0.15) is 37.0 Å². The lowest BCUT2D eigenvalue weighted by atomic mass is 9.80. The molecule has 0 bridgehead atoms. The molecular formula is C21H28N4O5S. The largest absolute Gasteiger partial charge is 0.497 e. The topological polar surface area (TPSA) is 115 Å². The Morgan fingerprint density at radius 2 is 2.23 bits per heavy atom. The molecule has 1 aromatic carbocycles. The van der Waals surface area contributed by atoms with Gasteiger partial charge in [-0.1, -0.05) is 17.3 Å². The van der Waals surface area contributed by atoms with E-state index in [-0.39, 0.29) is 30.0 Å². The number of likely N-dealkylation sites (tertiary alicyclic amines) is 1. The summed E-state index contributed by atoms with van der Waals surface area (Å²) in [6, 6.07) is 7.27. The van der Waals surface area contributed by atoms with Crippen molar-refractivity contribution in [1.29, 1.82) is 0 Å². The Kier molecular flexibility index (Phi) is 5.78. The predicted octanol–water partition coefficient (Wildman–Crippen LogP) is 1.43. The Morgan fingerprint density at radius 3 is 2.90 bits per heavy atom. The third kappa shape index (κ3) is 4.31. The summed E-state index contributed by atoms with van der Waals surface area (Å²) in [5.41, 5.74) is 0.351. The van der Waals surface area contributed by atoms with Crippen LogP contribution >= 0.6 is 0 Å². The average Bonchev–Trinajstić information content (AvgIpc) is 3.40. The minimum Gasteiger partial charge on any atom is -0.497 e. The predicted molar refractivity (Wildman–Crippen MR) is 113 cm³/mol. The maximum atomic E-state index is 13.1. The van der Waals surface area contributed by atoms with Crippen molar-refractivity contribution < 1.29 is 22.5 Å². The number of nitrogens with one attached hydrogen (secondary N) is 1. The van der Waals surface area contributed by atoms with Crippen LogP contribution in [-0.4, -0.2) is 61.4 Å². The van der Waals surface area contributed by atoms with Gasteiger partial charge >= 0.3 is 0 Å². The summed E-state index contributed by atoms with van der Waals surface area (Å²) in [4.78, 5) is 19.4. The van der Waals surface area contributed by atoms with E-state index < -0.39 is 15.4 Å². The zero-order valence-corrected chi connectivity index (χ0v) is 18.8. The summed E-state index contributed by atoms with van der Waals surface area (Å²) < 4.78 is 37.8. The molecule has 1 saturated carbocycles. The summed E-state index contributed by atoms with van der Waals surface area (Å²) in [5.74, 6) is 1.83. The first-order valence-corrected chi connectivity index (χ1v) is 12.1. The number of ether oxygens (including phenoxy) is 1. The lowest BCUT2D eigenvalue weighted by Crippen LogP contribution is -2.40. The van der Waals surface area contributed by atoms with Crippen LogP contribution in [0.3, 0.4) is 0 Å². The van der Waals surface area contributed by atoms with Crippen molar-refractivity contribution in [1.82, 2.24) is 19.8 Å². The molecule has 1 N–H and O–H groups in total. The highest BCUT2D eigenvalue weighted by Crippen LogP contribution is 2.50. The zero-order valence-electron chi connectivity index (χ0n) is 18.0. The Bertz CT molecular complexity index is 1070. The van der Waals surface area contributed by atoms with Crippen LogP contribution in [0, 0.1) is 12.8 Å². The molecule has 4 rings (SSSR count). The number of benzene rings is 1. The van der Waals surface area contributed by atoms with Crippen LogP contribution in [-0.2, 0) is 26.7 Å². The third-order valence-corrected chi connectivity index (χ3v) is 7.85. The quantitative estimate of drug-likeness (QED) is 0.681. The molecule has 0 spiro atoms. The summed E-state index contributed by atoms with van der Waals surface area (Å²) in [6.07, 6.45) is 1.43. The lowest BCUT2D eigenvalue weighted by Gasteiger charge is -2.25. The standard InChI is InChI=1S/C21H28N4O5S/c1-4-31(27,28)24-17-10-16-12-25(13-21(16,11-17)20-22-14(2)23-30-20)19(26)9-15-6-5-7-18(8-15)29-3/h5-8,16-17,24H,4,9-13H2,1-3H3. The molecule has 2 aliphatic rings. The Morgan fingerprint density at radius 1 is 1.42 bits per heavy atom. The van der Waals surface area contributed by atoms with E-state index in [1.54, 1.807) is 21.0 Å². The highest BCUT2D eigenvalue weighted by atomic mass is 32.2. The third-order valence-electron chi connectivity index (χ3n) is 6.40. The maximum absolute atomic E-state index is 13.1. The monoisotopic (exact) mass is 448 g/mol. The van der Waals surface area contributed by atoms with Gasteiger partial charge in [0.25, 0.3) is 0 Å². The van der Waals surface area contributed by atoms with Crippen LogP contribution in [0.15, 0.2) is 28.8 Å². The smallest absolute Gasteiger partial charge is 0.235 e. The molecule has 2 fully saturated rings. The van der Waals surface area contributed by atoms with E-state index in [0.29, 0.717) is 43.4 Å². The SMILES string of the molecule is CCS(=O)(=O)NC1CC2CN(C(=O)Cc3cccc(OC)c3)CC2(c2nc(C)no2)C1. The summed E-state index contributed by atoms with van der Waals surface area (Å²) in [6.45, 7) is 4.35. The molecule has 2 heterocycles. The van der Waals surface area contributed by atoms with Crippen molar-refractivity contribution >= 4 is 15.9 Å². The number of carbonyl (C=O) groups excluding carboxylic acids is 1. The first kappa shape index (κ1) is 21.8. The molecule has 1 aromatic heterocycles. The molecule has 1 aliphatic heterocycles. The molecular weight excluding hydrogens is 420 g/mol. The second kappa shape index (κ2) is 8.23. The zero-order chi connectivity index (χ0) is 22.2. The number of aromatic nitrogens is 2. The van der Waals surface area contributed by atoms with E-state index in [2.05, 4.69) is 14.9 Å². The van der Waals surface area contributed by atoms with Gasteiger partial charge in [0, 0.05) is 19.1 Å². The number of fused-ring (bicyclic) bond motifs is 1. The molecule has 10 heteroatoms. The molecule has 0 radical (unpaired) electrons. The lowest BCUT2D eigenvalue weighted by molar-refractivity contribution is -0.129. The number of rotatable bonds is 7. The van der Waals surface area contributed by atoms with Crippen LogP contribution in [0.25, 0.3) is 0 Å². The summed E-state index contributed by atoms with van der Waals surface area (Å²) in [5, 5.41) is 3.95. The molecule has 1 aliphatic carbocycles. The molecule has 3 atom stereocenters. The van der Waals surface area contributed by atoms with Crippen molar-refractivity contribution in [2.45, 2.75) is 44.6 Å². The van der Waals surface area contributed by atoms with E-state index in [1.165, 1.54) is 0 Å². The number of nitrogens with zero attached hydrogens (tertiary/aromatic N) is 3. The maximum Gasteiger partial charge on any atom is 0.235 e. The van der Waals surface area contributed by atoms with E-state index in [9.17, 15) is 13.2 Å². The number of hydrogen-bond donors (Lipinski definition) is 1. The van der Waals surface area contributed by atoms with Crippen molar-refractivity contribution in [3.8, 4) is 5.75 Å². The molecule has 31 heavy (non-hydrogen) atoms. The highest BCUT2D eigenvalue weighted by Gasteiger charge is 2.58. The second-order valence-corrected chi connectivity index (χ2v) is 10.5. The average molecular weight is 449 g/mol. The molecule has 1 amide bonds. The number of sulfonamides is 1. The number of hydrogen-bond acceptors (Lipinski definition) is 7. The van der Waals surface area contributed by atoms with Gasteiger partial charge in [-0.25, -0.2) is 13.1 Å². The van der Waals surface area contributed by atoms with Crippen LogP contribution < -0.4 is 9.46 Å². The number of methoxy groups -OCH3 is 1. The normalized spacial score (nSPS) is 25.6. The molecule has 168 valence electrons. The number of carbonyl (C=O) groups is 1. The molecule has 3 unspecified atom stereocenters. The minimum atomic E-state index is -3.32. The van der Waals surface area contributed by atoms with Gasteiger partial charge in [-0.05, 0) is 50.3 Å². The first-order valence-electron chi connectivity index (χ1n) is 10.5. The van der Waals surface area contributed by atoms with E-state index in [4.69, 9.17) is 9.26 Å². The first-order chi connectivity index (χ1) is 14.7. The van der Waals surface area contributed by atoms with Gasteiger partial charge in [0.2, 0.25) is 21.8 Å². The highest BCUT2D eigenvalue weighted by molar-refractivity contribution is 7.89. The van der Waals surface area contributed by atoms with Crippen molar-refractivity contribution in [3.05, 3.63) is 41.5 Å².